The summed E-state index contributed by atoms with van der Waals surface area (Å²) < 4.78 is 0. The van der Waals surface area contributed by atoms with Crippen molar-refractivity contribution in [1.82, 2.24) is 9.97 Å². The number of aryl methyl sites for hydroxylation is 1. The van der Waals surface area contributed by atoms with E-state index in [1.807, 2.05) is 23.7 Å². The van der Waals surface area contributed by atoms with Crippen molar-refractivity contribution in [1.29, 1.82) is 0 Å². The predicted octanol–water partition coefficient (Wildman–Crippen LogP) is 3.87. The largest absolute Gasteiger partial charge is 0.370 e. The minimum absolute atomic E-state index is 0.784. The van der Waals surface area contributed by atoms with Gasteiger partial charge in [-0.05, 0) is 31.7 Å². The second kappa shape index (κ2) is 7.50. The molecule has 4 nitrogen and oxygen atoms in total. The number of rotatable bonds is 7. The van der Waals surface area contributed by atoms with Crippen LogP contribution < -0.4 is 10.6 Å². The van der Waals surface area contributed by atoms with Crippen LogP contribution in [0.5, 0.6) is 0 Å². The molecule has 0 unspecified atom stereocenters. The molecule has 0 aromatic carbocycles. The lowest BCUT2D eigenvalue weighted by atomic mass is 10.3. The molecule has 0 aliphatic heterocycles. The lowest BCUT2D eigenvalue weighted by Gasteiger charge is -2.09. The molecular weight excluding hydrogens is 288 g/mol. The smallest absolute Gasteiger partial charge is 0.191 e. The first kappa shape index (κ1) is 15.1. The van der Waals surface area contributed by atoms with Crippen LogP contribution in [0.4, 0.5) is 11.6 Å². The molecule has 2 aromatic heterocycles. The van der Waals surface area contributed by atoms with Crippen molar-refractivity contribution >= 4 is 34.7 Å². The number of hydrogen-bond donors (Lipinski definition) is 2. The normalized spacial score (nSPS) is 10.6. The van der Waals surface area contributed by atoms with Gasteiger partial charge in [-0.1, -0.05) is 18.7 Å². The Morgan fingerprint density at radius 2 is 1.80 bits per heavy atom. The van der Waals surface area contributed by atoms with Gasteiger partial charge >= 0.3 is 0 Å². The van der Waals surface area contributed by atoms with Crippen LogP contribution in [0.2, 0.25) is 0 Å². The first-order valence-corrected chi connectivity index (χ1v) is 8.77. The van der Waals surface area contributed by atoms with Gasteiger partial charge in [-0.3, -0.25) is 0 Å². The molecule has 0 amide bonds. The highest BCUT2D eigenvalue weighted by Gasteiger charge is 2.04. The molecule has 0 fully saturated rings. The standard InChI is InChI=1S/C14H20N4S2/c1-4-10-6-7-11(20-10)9-16-13-8-12(15-5-2)17-14(18-13)19-3/h6-8H,4-5,9H2,1-3H3,(H2,15,16,17,18). The summed E-state index contributed by atoms with van der Waals surface area (Å²) >= 11 is 3.40. The summed E-state index contributed by atoms with van der Waals surface area (Å²) in [5.74, 6) is 1.74. The fourth-order valence-corrected chi connectivity index (χ4v) is 3.04. The van der Waals surface area contributed by atoms with Crippen molar-refractivity contribution in [2.75, 3.05) is 23.4 Å². The van der Waals surface area contributed by atoms with E-state index < -0.39 is 0 Å². The zero-order chi connectivity index (χ0) is 14.4. The van der Waals surface area contributed by atoms with E-state index in [0.29, 0.717) is 0 Å². The molecule has 2 N–H and O–H groups in total. The molecule has 0 atom stereocenters. The zero-order valence-electron chi connectivity index (χ0n) is 12.1. The van der Waals surface area contributed by atoms with Crippen LogP contribution in [-0.4, -0.2) is 22.8 Å². The molecule has 0 saturated heterocycles. The van der Waals surface area contributed by atoms with Crippen LogP contribution in [0, 0.1) is 0 Å². The Morgan fingerprint density at radius 3 is 2.40 bits per heavy atom. The summed E-state index contributed by atoms with van der Waals surface area (Å²) in [7, 11) is 0. The molecule has 0 radical (unpaired) electrons. The molecule has 2 heterocycles. The number of thioether (sulfide) groups is 1. The fraction of sp³-hybridized carbons (Fsp3) is 0.429. The Balaban J connectivity index is 2.05. The van der Waals surface area contributed by atoms with E-state index in [1.54, 1.807) is 11.8 Å². The maximum atomic E-state index is 4.48. The van der Waals surface area contributed by atoms with Crippen LogP contribution in [0.25, 0.3) is 0 Å². The molecule has 2 aromatic rings. The number of hydrogen-bond acceptors (Lipinski definition) is 6. The fourth-order valence-electron chi connectivity index (χ4n) is 1.76. The minimum atomic E-state index is 0.784. The van der Waals surface area contributed by atoms with Gasteiger partial charge in [0.1, 0.15) is 11.6 Å². The third-order valence-corrected chi connectivity index (χ3v) is 4.53. The maximum absolute atomic E-state index is 4.48. The van der Waals surface area contributed by atoms with Crippen LogP contribution in [0.3, 0.4) is 0 Å². The maximum Gasteiger partial charge on any atom is 0.191 e. The summed E-state index contributed by atoms with van der Waals surface area (Å²) in [6, 6.07) is 6.33. The van der Waals surface area contributed by atoms with Gasteiger partial charge in [-0.15, -0.1) is 11.3 Å². The Morgan fingerprint density at radius 1 is 1.10 bits per heavy atom. The lowest BCUT2D eigenvalue weighted by Crippen LogP contribution is -2.05. The van der Waals surface area contributed by atoms with E-state index in [4.69, 9.17) is 0 Å². The van der Waals surface area contributed by atoms with Gasteiger partial charge in [0.15, 0.2) is 5.16 Å². The predicted molar refractivity (Wildman–Crippen MR) is 89.0 cm³/mol. The highest BCUT2D eigenvalue weighted by atomic mass is 32.2. The van der Waals surface area contributed by atoms with E-state index in [9.17, 15) is 0 Å². The summed E-state index contributed by atoms with van der Waals surface area (Å²) in [5, 5.41) is 7.39. The van der Waals surface area contributed by atoms with E-state index in [1.165, 1.54) is 9.75 Å². The monoisotopic (exact) mass is 308 g/mol. The summed E-state index contributed by atoms with van der Waals surface area (Å²) in [4.78, 5) is 11.6. The zero-order valence-corrected chi connectivity index (χ0v) is 13.7. The Bertz CT molecular complexity index is 554. The van der Waals surface area contributed by atoms with Crippen LogP contribution >= 0.6 is 23.1 Å². The van der Waals surface area contributed by atoms with Crippen molar-refractivity contribution in [3.8, 4) is 0 Å². The molecule has 0 aliphatic rings. The second-order valence-electron chi connectivity index (χ2n) is 4.23. The van der Waals surface area contributed by atoms with Crippen molar-refractivity contribution in [3.63, 3.8) is 0 Å². The van der Waals surface area contributed by atoms with Gasteiger partial charge in [0.05, 0.1) is 6.54 Å². The third-order valence-electron chi connectivity index (χ3n) is 2.76. The minimum Gasteiger partial charge on any atom is -0.370 e. The van der Waals surface area contributed by atoms with Crippen LogP contribution in [-0.2, 0) is 13.0 Å². The lowest BCUT2D eigenvalue weighted by molar-refractivity contribution is 0.952. The van der Waals surface area contributed by atoms with Crippen LogP contribution in [0.1, 0.15) is 23.6 Å². The van der Waals surface area contributed by atoms with Gasteiger partial charge in [0.25, 0.3) is 0 Å². The van der Waals surface area contributed by atoms with Crippen LogP contribution in [0.15, 0.2) is 23.4 Å². The van der Waals surface area contributed by atoms with Gasteiger partial charge in [-0.25, -0.2) is 9.97 Å². The molecule has 0 aliphatic carbocycles. The number of aromatic nitrogens is 2. The highest BCUT2D eigenvalue weighted by Crippen LogP contribution is 2.20. The van der Waals surface area contributed by atoms with Gasteiger partial charge < -0.3 is 10.6 Å². The highest BCUT2D eigenvalue weighted by molar-refractivity contribution is 7.98. The second-order valence-corrected chi connectivity index (χ2v) is 6.26. The van der Waals surface area contributed by atoms with Gasteiger partial charge in [0.2, 0.25) is 0 Å². The first-order valence-electron chi connectivity index (χ1n) is 6.73. The summed E-state index contributed by atoms with van der Waals surface area (Å²) in [5.41, 5.74) is 0. The Kier molecular flexibility index (Phi) is 5.67. The van der Waals surface area contributed by atoms with Crippen molar-refractivity contribution < 1.29 is 0 Å². The van der Waals surface area contributed by atoms with E-state index >= 15 is 0 Å². The molecule has 0 saturated carbocycles. The molecule has 108 valence electrons. The average Bonchev–Trinajstić information content (AvgIpc) is 2.93. The summed E-state index contributed by atoms with van der Waals surface area (Å²) in [6.07, 6.45) is 3.08. The first-order chi connectivity index (χ1) is 9.75. The Hall–Kier alpha value is -1.27. The van der Waals surface area contributed by atoms with Crippen molar-refractivity contribution in [3.05, 3.63) is 28.0 Å². The Labute approximate surface area is 128 Å². The third kappa shape index (κ3) is 4.11. The SMILES string of the molecule is CCNc1cc(NCc2ccc(CC)s2)nc(SC)n1. The number of thiophene rings is 1. The van der Waals surface area contributed by atoms with Gasteiger partial charge in [0, 0.05) is 22.4 Å². The van der Waals surface area contributed by atoms with Crippen molar-refractivity contribution in [2.24, 2.45) is 0 Å². The molecule has 2 rings (SSSR count). The molecular formula is C14H20N4S2. The quantitative estimate of drug-likeness (QED) is 0.601. The number of anilines is 2. The summed E-state index contributed by atoms with van der Waals surface area (Å²) in [6.45, 7) is 5.91. The van der Waals surface area contributed by atoms with Crippen molar-refractivity contribution in [2.45, 2.75) is 32.0 Å². The number of nitrogens with zero attached hydrogens (tertiary/aromatic N) is 2. The molecule has 20 heavy (non-hydrogen) atoms. The van der Waals surface area contributed by atoms with E-state index in [-0.39, 0.29) is 0 Å². The van der Waals surface area contributed by atoms with E-state index in [0.717, 1.165) is 36.3 Å². The number of nitrogens with one attached hydrogen (secondary N) is 2. The van der Waals surface area contributed by atoms with E-state index in [2.05, 4.69) is 46.6 Å². The molecule has 6 heteroatoms. The topological polar surface area (TPSA) is 49.8 Å². The molecule has 0 spiro atoms. The van der Waals surface area contributed by atoms with Gasteiger partial charge in [-0.2, -0.15) is 0 Å². The average molecular weight is 308 g/mol. The molecule has 0 bridgehead atoms.